The summed E-state index contributed by atoms with van der Waals surface area (Å²) in [5.74, 6) is 0.906. The molecule has 2 rings (SSSR count). The van der Waals surface area contributed by atoms with Gasteiger partial charge in [-0.3, -0.25) is 4.98 Å². The van der Waals surface area contributed by atoms with E-state index in [0.717, 1.165) is 29.9 Å². The van der Waals surface area contributed by atoms with Crippen molar-refractivity contribution in [2.45, 2.75) is 13.3 Å². The van der Waals surface area contributed by atoms with E-state index in [4.69, 9.17) is 4.74 Å². The predicted molar refractivity (Wildman–Crippen MR) is 65.5 cm³/mol. The molecule has 0 fully saturated rings. The summed E-state index contributed by atoms with van der Waals surface area (Å²) in [5, 5.41) is 0. The van der Waals surface area contributed by atoms with Gasteiger partial charge in [0.1, 0.15) is 5.75 Å². The van der Waals surface area contributed by atoms with Gasteiger partial charge in [0.25, 0.3) is 0 Å². The van der Waals surface area contributed by atoms with Crippen LogP contribution in [0.5, 0.6) is 5.75 Å². The van der Waals surface area contributed by atoms with Crippen molar-refractivity contribution in [2.24, 2.45) is 0 Å². The largest absolute Gasteiger partial charge is 0.493 e. The Kier molecular flexibility index (Phi) is 3.54. The molecule has 0 saturated carbocycles. The van der Waals surface area contributed by atoms with E-state index in [1.807, 2.05) is 30.5 Å². The number of rotatable bonds is 4. The average molecular weight is 213 g/mol. The fourth-order valence-corrected chi connectivity index (χ4v) is 1.55. The molecule has 82 valence electrons. The van der Waals surface area contributed by atoms with E-state index >= 15 is 0 Å². The van der Waals surface area contributed by atoms with E-state index in [1.54, 1.807) is 6.20 Å². The average Bonchev–Trinajstić information content (AvgIpc) is 2.38. The summed E-state index contributed by atoms with van der Waals surface area (Å²) in [6, 6.07) is 12.1. The van der Waals surface area contributed by atoms with Crippen molar-refractivity contribution >= 4 is 0 Å². The molecular formula is C14H15NO. The third-order valence-corrected chi connectivity index (χ3v) is 2.33. The fourth-order valence-electron chi connectivity index (χ4n) is 1.55. The van der Waals surface area contributed by atoms with Gasteiger partial charge in [-0.25, -0.2) is 0 Å². The zero-order chi connectivity index (χ0) is 11.2. The minimum atomic E-state index is 0.740. The number of benzene rings is 1. The lowest BCUT2D eigenvalue weighted by Gasteiger charge is -2.09. The van der Waals surface area contributed by atoms with E-state index < -0.39 is 0 Å². The van der Waals surface area contributed by atoms with Crippen LogP contribution in [0.4, 0.5) is 0 Å². The molecule has 0 aliphatic carbocycles. The molecule has 2 aromatic rings. The summed E-state index contributed by atoms with van der Waals surface area (Å²) >= 11 is 0. The number of nitrogens with zero attached hydrogens (tertiary/aromatic N) is 1. The third kappa shape index (κ3) is 2.40. The van der Waals surface area contributed by atoms with Crippen molar-refractivity contribution in [3.8, 4) is 16.9 Å². The molecule has 0 aliphatic heterocycles. The van der Waals surface area contributed by atoms with Crippen LogP contribution >= 0.6 is 0 Å². The summed E-state index contributed by atoms with van der Waals surface area (Å²) in [4.78, 5) is 4.15. The van der Waals surface area contributed by atoms with Crippen molar-refractivity contribution < 1.29 is 4.74 Å². The summed E-state index contributed by atoms with van der Waals surface area (Å²) in [6.07, 6.45) is 4.62. The lowest BCUT2D eigenvalue weighted by Crippen LogP contribution is -1.97. The van der Waals surface area contributed by atoms with Gasteiger partial charge in [-0.15, -0.1) is 0 Å². The first-order valence-corrected chi connectivity index (χ1v) is 5.54. The first-order valence-electron chi connectivity index (χ1n) is 5.54. The monoisotopic (exact) mass is 213 g/mol. The highest BCUT2D eigenvalue weighted by Crippen LogP contribution is 2.28. The highest BCUT2D eigenvalue weighted by molar-refractivity contribution is 5.69. The Morgan fingerprint density at radius 2 is 1.94 bits per heavy atom. The Hall–Kier alpha value is -1.83. The molecule has 1 aromatic heterocycles. The maximum absolute atomic E-state index is 5.70. The van der Waals surface area contributed by atoms with Gasteiger partial charge in [0.15, 0.2) is 0 Å². The Morgan fingerprint density at radius 1 is 1.12 bits per heavy atom. The molecule has 0 unspecified atom stereocenters. The number of ether oxygens (including phenoxy) is 1. The Morgan fingerprint density at radius 3 is 2.69 bits per heavy atom. The van der Waals surface area contributed by atoms with Crippen LogP contribution in [0.3, 0.4) is 0 Å². The topological polar surface area (TPSA) is 22.1 Å². The second-order valence-electron chi connectivity index (χ2n) is 3.59. The molecule has 2 heteroatoms. The van der Waals surface area contributed by atoms with Crippen LogP contribution in [0.25, 0.3) is 11.1 Å². The van der Waals surface area contributed by atoms with Crippen LogP contribution in [0, 0.1) is 0 Å². The highest BCUT2D eigenvalue weighted by atomic mass is 16.5. The second-order valence-corrected chi connectivity index (χ2v) is 3.59. The van der Waals surface area contributed by atoms with Crippen LogP contribution < -0.4 is 4.74 Å². The molecule has 1 aromatic carbocycles. The zero-order valence-electron chi connectivity index (χ0n) is 9.39. The first-order chi connectivity index (χ1) is 7.92. The van der Waals surface area contributed by atoms with Crippen LogP contribution in [-0.4, -0.2) is 11.6 Å². The Labute approximate surface area is 95.9 Å². The van der Waals surface area contributed by atoms with Crippen molar-refractivity contribution in [2.75, 3.05) is 6.61 Å². The molecule has 0 amide bonds. The van der Waals surface area contributed by atoms with Gasteiger partial charge in [-0.05, 0) is 18.1 Å². The SMILES string of the molecule is CCCOc1ccncc1-c1ccccc1. The third-order valence-electron chi connectivity index (χ3n) is 2.33. The summed E-state index contributed by atoms with van der Waals surface area (Å²) in [5.41, 5.74) is 2.19. The predicted octanol–water partition coefficient (Wildman–Crippen LogP) is 3.54. The molecule has 2 nitrogen and oxygen atoms in total. The number of aromatic nitrogens is 1. The normalized spacial score (nSPS) is 10.1. The van der Waals surface area contributed by atoms with E-state index in [-0.39, 0.29) is 0 Å². The van der Waals surface area contributed by atoms with Gasteiger partial charge < -0.3 is 4.74 Å². The first kappa shape index (κ1) is 10.7. The summed E-state index contributed by atoms with van der Waals surface area (Å²) in [7, 11) is 0. The van der Waals surface area contributed by atoms with E-state index in [2.05, 4.69) is 24.0 Å². The molecule has 0 aliphatic rings. The molecule has 0 bridgehead atoms. The Bertz CT molecular complexity index is 439. The number of hydrogen-bond donors (Lipinski definition) is 0. The maximum atomic E-state index is 5.70. The van der Waals surface area contributed by atoms with E-state index in [1.165, 1.54) is 0 Å². The smallest absolute Gasteiger partial charge is 0.130 e. The molecule has 0 atom stereocenters. The molecule has 0 N–H and O–H groups in total. The molecule has 1 heterocycles. The Balaban J connectivity index is 2.33. The zero-order valence-corrected chi connectivity index (χ0v) is 9.39. The molecule has 0 spiro atoms. The van der Waals surface area contributed by atoms with Crippen molar-refractivity contribution in [3.63, 3.8) is 0 Å². The van der Waals surface area contributed by atoms with Crippen LogP contribution in [-0.2, 0) is 0 Å². The van der Waals surface area contributed by atoms with Crippen LogP contribution in [0.1, 0.15) is 13.3 Å². The highest BCUT2D eigenvalue weighted by Gasteiger charge is 2.04. The van der Waals surface area contributed by atoms with Gasteiger partial charge in [-0.1, -0.05) is 37.3 Å². The molecule has 0 saturated heterocycles. The molecule has 0 radical (unpaired) electrons. The summed E-state index contributed by atoms with van der Waals surface area (Å²) in [6.45, 7) is 2.84. The van der Waals surface area contributed by atoms with Crippen molar-refractivity contribution in [3.05, 3.63) is 48.8 Å². The molecular weight excluding hydrogens is 198 g/mol. The van der Waals surface area contributed by atoms with Crippen molar-refractivity contribution in [1.29, 1.82) is 0 Å². The lowest BCUT2D eigenvalue weighted by molar-refractivity contribution is 0.318. The summed E-state index contributed by atoms with van der Waals surface area (Å²) < 4.78 is 5.70. The van der Waals surface area contributed by atoms with Gasteiger partial charge in [0, 0.05) is 18.0 Å². The van der Waals surface area contributed by atoms with Gasteiger partial charge in [-0.2, -0.15) is 0 Å². The molecule has 16 heavy (non-hydrogen) atoms. The minimum absolute atomic E-state index is 0.740. The second kappa shape index (κ2) is 5.31. The van der Waals surface area contributed by atoms with E-state index in [9.17, 15) is 0 Å². The van der Waals surface area contributed by atoms with E-state index in [0.29, 0.717) is 0 Å². The maximum Gasteiger partial charge on any atom is 0.130 e. The quantitative estimate of drug-likeness (QED) is 0.775. The lowest BCUT2D eigenvalue weighted by atomic mass is 10.1. The van der Waals surface area contributed by atoms with Gasteiger partial charge in [0.05, 0.1) is 6.61 Å². The number of hydrogen-bond acceptors (Lipinski definition) is 2. The van der Waals surface area contributed by atoms with Crippen LogP contribution in [0.15, 0.2) is 48.8 Å². The standard InChI is InChI=1S/C14H15NO/c1-2-10-16-14-8-9-15-11-13(14)12-6-4-3-5-7-12/h3-9,11H,2,10H2,1H3. The minimum Gasteiger partial charge on any atom is -0.493 e. The number of pyridine rings is 1. The van der Waals surface area contributed by atoms with Crippen molar-refractivity contribution in [1.82, 2.24) is 4.98 Å². The fraction of sp³-hybridized carbons (Fsp3) is 0.214. The van der Waals surface area contributed by atoms with Gasteiger partial charge in [0.2, 0.25) is 0 Å². The van der Waals surface area contributed by atoms with Crippen LogP contribution in [0.2, 0.25) is 0 Å². The van der Waals surface area contributed by atoms with Gasteiger partial charge >= 0.3 is 0 Å².